The molecular weight excluding hydrogens is 286 g/mol. The Morgan fingerprint density at radius 3 is 2.45 bits per heavy atom. The fourth-order valence-electron chi connectivity index (χ4n) is 3.22. The van der Waals surface area contributed by atoms with E-state index < -0.39 is 0 Å². The first-order chi connectivity index (χ1) is 10.9. The molecule has 0 radical (unpaired) electrons. The summed E-state index contributed by atoms with van der Waals surface area (Å²) in [5.74, 6) is 0. The van der Waals surface area contributed by atoms with Crippen molar-refractivity contribution >= 4 is 42.4 Å². The van der Waals surface area contributed by atoms with Crippen LogP contribution in [0.4, 0.5) is 0 Å². The number of benzene rings is 3. The summed E-state index contributed by atoms with van der Waals surface area (Å²) in [6, 6.07) is 23.8. The second-order valence-electron chi connectivity index (χ2n) is 5.53. The van der Waals surface area contributed by atoms with Crippen LogP contribution in [0.5, 0.6) is 0 Å². The zero-order valence-electron chi connectivity index (χ0n) is 11.8. The first-order valence-electron chi connectivity index (χ1n) is 7.38. The lowest BCUT2D eigenvalue weighted by Gasteiger charge is -2.02. The lowest BCUT2D eigenvalue weighted by atomic mass is 10.0. The normalized spacial score (nSPS) is 11.6. The minimum Gasteiger partial charge on any atom is -0.360 e. The van der Waals surface area contributed by atoms with Crippen LogP contribution >= 0.6 is 11.3 Å². The van der Waals surface area contributed by atoms with Gasteiger partial charge in [-0.25, -0.2) is 0 Å². The average molecular weight is 299 g/mol. The second kappa shape index (κ2) is 4.46. The third kappa shape index (κ3) is 1.59. The molecule has 2 aromatic heterocycles. The molecule has 0 saturated heterocycles. The molecule has 1 N–H and O–H groups in total. The van der Waals surface area contributed by atoms with E-state index in [-0.39, 0.29) is 0 Å². The van der Waals surface area contributed by atoms with Crippen molar-refractivity contribution in [1.82, 2.24) is 4.98 Å². The molecule has 5 rings (SSSR count). The molecule has 22 heavy (non-hydrogen) atoms. The molecule has 2 heterocycles. The fraction of sp³-hybridized carbons (Fsp3) is 0. The van der Waals surface area contributed by atoms with Crippen molar-refractivity contribution in [2.24, 2.45) is 0 Å². The molecule has 0 atom stereocenters. The number of hydrogen-bond donors (Lipinski definition) is 1. The summed E-state index contributed by atoms with van der Waals surface area (Å²) in [4.78, 5) is 3.39. The molecule has 2 heteroatoms. The third-order valence-electron chi connectivity index (χ3n) is 4.27. The van der Waals surface area contributed by atoms with Crippen molar-refractivity contribution in [2.75, 3.05) is 0 Å². The SMILES string of the molecule is c1ccc(-c2cccc3c2sc2c3ccc3cc[nH]c32)cc1. The van der Waals surface area contributed by atoms with Gasteiger partial charge in [0.1, 0.15) is 0 Å². The van der Waals surface area contributed by atoms with Crippen LogP contribution < -0.4 is 0 Å². The van der Waals surface area contributed by atoms with Gasteiger partial charge in [0, 0.05) is 27.1 Å². The smallest absolute Gasteiger partial charge is 0.0635 e. The van der Waals surface area contributed by atoms with Crippen LogP contribution in [-0.4, -0.2) is 4.98 Å². The van der Waals surface area contributed by atoms with E-state index in [2.05, 4.69) is 71.7 Å². The molecule has 0 aliphatic rings. The molecule has 0 fully saturated rings. The van der Waals surface area contributed by atoms with Gasteiger partial charge in [-0.3, -0.25) is 0 Å². The van der Waals surface area contributed by atoms with Gasteiger partial charge < -0.3 is 4.98 Å². The Bertz CT molecular complexity index is 1120. The third-order valence-corrected chi connectivity index (χ3v) is 5.55. The van der Waals surface area contributed by atoms with Crippen molar-refractivity contribution in [1.29, 1.82) is 0 Å². The van der Waals surface area contributed by atoms with Crippen molar-refractivity contribution < 1.29 is 0 Å². The second-order valence-corrected chi connectivity index (χ2v) is 6.56. The van der Waals surface area contributed by atoms with Gasteiger partial charge >= 0.3 is 0 Å². The van der Waals surface area contributed by atoms with Gasteiger partial charge in [0.2, 0.25) is 0 Å². The first-order valence-corrected chi connectivity index (χ1v) is 8.20. The summed E-state index contributed by atoms with van der Waals surface area (Å²) in [6.45, 7) is 0. The average Bonchev–Trinajstić information content (AvgIpc) is 3.19. The standard InChI is InChI=1S/C20H13NS/c1-2-5-13(6-3-1)15-7-4-8-16-17-10-9-14-11-12-21-18(14)20(17)22-19(15)16/h1-12,21H. The zero-order valence-corrected chi connectivity index (χ0v) is 12.7. The molecule has 0 saturated carbocycles. The number of thiophene rings is 1. The molecular formula is C20H13NS. The van der Waals surface area contributed by atoms with Gasteiger partial charge in [0.05, 0.1) is 10.2 Å². The molecule has 1 nitrogen and oxygen atoms in total. The van der Waals surface area contributed by atoms with Gasteiger partial charge in [0.15, 0.2) is 0 Å². The Morgan fingerprint density at radius 1 is 0.682 bits per heavy atom. The minimum absolute atomic E-state index is 1.25. The van der Waals surface area contributed by atoms with Gasteiger partial charge in [-0.05, 0) is 17.2 Å². The van der Waals surface area contributed by atoms with Crippen molar-refractivity contribution in [2.45, 2.75) is 0 Å². The summed E-state index contributed by atoms with van der Waals surface area (Å²) in [7, 11) is 0. The highest BCUT2D eigenvalue weighted by molar-refractivity contribution is 7.27. The zero-order chi connectivity index (χ0) is 14.5. The molecule has 0 bridgehead atoms. The van der Waals surface area contributed by atoms with Gasteiger partial charge in [-0.15, -0.1) is 11.3 Å². The predicted molar refractivity (Wildman–Crippen MR) is 96.6 cm³/mol. The quantitative estimate of drug-likeness (QED) is 0.379. The van der Waals surface area contributed by atoms with Crippen LogP contribution in [0.3, 0.4) is 0 Å². The van der Waals surface area contributed by atoms with Gasteiger partial charge in [0.25, 0.3) is 0 Å². The molecule has 0 spiro atoms. The number of H-pyrrole nitrogens is 1. The minimum atomic E-state index is 1.25. The number of aromatic amines is 1. The van der Waals surface area contributed by atoms with Crippen LogP contribution in [0.2, 0.25) is 0 Å². The molecule has 0 unspecified atom stereocenters. The summed E-state index contributed by atoms with van der Waals surface area (Å²) in [6.07, 6.45) is 2.02. The van der Waals surface area contributed by atoms with E-state index >= 15 is 0 Å². The fourth-order valence-corrected chi connectivity index (χ4v) is 4.58. The molecule has 5 aromatic rings. The lowest BCUT2D eigenvalue weighted by Crippen LogP contribution is -1.76. The largest absolute Gasteiger partial charge is 0.360 e. The Hall–Kier alpha value is -2.58. The lowest BCUT2D eigenvalue weighted by molar-refractivity contribution is 1.50. The Balaban J connectivity index is 1.96. The first kappa shape index (κ1) is 12.0. The highest BCUT2D eigenvalue weighted by atomic mass is 32.1. The summed E-state index contributed by atoms with van der Waals surface area (Å²) in [5, 5.41) is 3.96. The van der Waals surface area contributed by atoms with Crippen LogP contribution in [0.25, 0.3) is 42.2 Å². The van der Waals surface area contributed by atoms with Crippen LogP contribution in [-0.2, 0) is 0 Å². The predicted octanol–water partition coefficient (Wildman–Crippen LogP) is 6.20. The molecule has 104 valence electrons. The molecule has 3 aromatic carbocycles. The van der Waals surface area contributed by atoms with E-state index in [1.807, 2.05) is 17.5 Å². The van der Waals surface area contributed by atoms with E-state index in [9.17, 15) is 0 Å². The van der Waals surface area contributed by atoms with E-state index in [4.69, 9.17) is 0 Å². The highest BCUT2D eigenvalue weighted by Crippen LogP contribution is 2.42. The van der Waals surface area contributed by atoms with Crippen molar-refractivity contribution in [3.05, 3.63) is 72.9 Å². The topological polar surface area (TPSA) is 15.8 Å². The number of aromatic nitrogens is 1. The number of rotatable bonds is 1. The van der Waals surface area contributed by atoms with E-state index in [0.717, 1.165) is 0 Å². The van der Waals surface area contributed by atoms with E-state index in [1.165, 1.54) is 42.2 Å². The number of hydrogen-bond acceptors (Lipinski definition) is 1. The maximum absolute atomic E-state index is 3.39. The monoisotopic (exact) mass is 299 g/mol. The van der Waals surface area contributed by atoms with Gasteiger partial charge in [-0.1, -0.05) is 60.7 Å². The summed E-state index contributed by atoms with van der Waals surface area (Å²) in [5.41, 5.74) is 3.85. The van der Waals surface area contributed by atoms with Crippen molar-refractivity contribution in [3.8, 4) is 11.1 Å². The number of nitrogens with one attached hydrogen (secondary N) is 1. The van der Waals surface area contributed by atoms with Crippen molar-refractivity contribution in [3.63, 3.8) is 0 Å². The molecule has 0 amide bonds. The maximum atomic E-state index is 3.39. The maximum Gasteiger partial charge on any atom is 0.0635 e. The summed E-state index contributed by atoms with van der Waals surface area (Å²) >= 11 is 1.89. The summed E-state index contributed by atoms with van der Waals surface area (Å²) < 4.78 is 2.71. The Labute approximate surface area is 131 Å². The molecule has 0 aliphatic heterocycles. The highest BCUT2D eigenvalue weighted by Gasteiger charge is 2.12. The van der Waals surface area contributed by atoms with Crippen LogP contribution in [0.1, 0.15) is 0 Å². The Morgan fingerprint density at radius 2 is 1.55 bits per heavy atom. The van der Waals surface area contributed by atoms with E-state index in [1.54, 1.807) is 0 Å². The Kier molecular flexibility index (Phi) is 2.43. The van der Waals surface area contributed by atoms with Gasteiger partial charge in [-0.2, -0.15) is 0 Å². The molecule has 0 aliphatic carbocycles. The van der Waals surface area contributed by atoms with Crippen LogP contribution in [0.15, 0.2) is 72.9 Å². The van der Waals surface area contributed by atoms with E-state index in [0.29, 0.717) is 0 Å². The number of fused-ring (bicyclic) bond motifs is 5. The van der Waals surface area contributed by atoms with Crippen LogP contribution in [0, 0.1) is 0 Å².